The molecule has 94 valence electrons. The first-order chi connectivity index (χ1) is 8.02. The molecule has 0 amide bonds. The number of aromatic nitrogens is 2. The maximum atomic E-state index is 11.6. The van der Waals surface area contributed by atoms with Crippen molar-refractivity contribution in [1.82, 2.24) is 9.97 Å². The predicted octanol–water partition coefficient (Wildman–Crippen LogP) is 1.95. The lowest BCUT2D eigenvalue weighted by atomic mass is 9.73. The number of nitrogens with one attached hydrogen (secondary N) is 1. The summed E-state index contributed by atoms with van der Waals surface area (Å²) in [7, 11) is 0. The summed E-state index contributed by atoms with van der Waals surface area (Å²) in [6.07, 6.45) is 5.99. The van der Waals surface area contributed by atoms with Gasteiger partial charge in [-0.2, -0.15) is 0 Å². The molecule has 4 heteroatoms. The van der Waals surface area contributed by atoms with Crippen molar-refractivity contribution in [2.24, 2.45) is 5.41 Å². The quantitative estimate of drug-likeness (QED) is 0.824. The summed E-state index contributed by atoms with van der Waals surface area (Å²) in [4.78, 5) is 18.6. The van der Waals surface area contributed by atoms with Crippen molar-refractivity contribution in [3.05, 3.63) is 27.9 Å². The van der Waals surface area contributed by atoms with Crippen LogP contribution in [0.2, 0.25) is 0 Å². The Morgan fingerprint density at radius 2 is 2.12 bits per heavy atom. The molecular formula is C13H20N2O2. The zero-order chi connectivity index (χ0) is 12.5. The standard InChI is InChI=1S/C13H20N2O2/c1-13(2)5-3-9(4-6-13)11-14-7-10(8-16)12(17)15-11/h7,9,16H,3-6,8H2,1-2H3,(H,14,15,17). The second-order valence-electron chi connectivity index (χ2n) is 5.72. The highest BCUT2D eigenvalue weighted by molar-refractivity contribution is 5.07. The third kappa shape index (κ3) is 2.75. The van der Waals surface area contributed by atoms with E-state index in [9.17, 15) is 4.79 Å². The SMILES string of the molecule is CC1(C)CCC(c2ncc(CO)c(=O)[nH]2)CC1. The van der Waals surface area contributed by atoms with E-state index in [2.05, 4.69) is 23.8 Å². The van der Waals surface area contributed by atoms with Gasteiger partial charge in [-0.3, -0.25) is 4.79 Å². The Hall–Kier alpha value is -1.16. The molecular weight excluding hydrogens is 216 g/mol. The molecule has 1 fully saturated rings. The molecule has 0 radical (unpaired) electrons. The van der Waals surface area contributed by atoms with E-state index in [1.54, 1.807) is 0 Å². The van der Waals surface area contributed by atoms with Crippen LogP contribution in [0.15, 0.2) is 11.0 Å². The van der Waals surface area contributed by atoms with E-state index in [0.717, 1.165) is 18.7 Å². The third-order valence-corrected chi connectivity index (χ3v) is 3.79. The number of aliphatic hydroxyl groups is 1. The van der Waals surface area contributed by atoms with E-state index in [1.165, 1.54) is 19.0 Å². The minimum absolute atomic E-state index is 0.206. The number of hydrogen-bond acceptors (Lipinski definition) is 3. The Labute approximate surface area is 101 Å². The van der Waals surface area contributed by atoms with Gasteiger partial charge in [0, 0.05) is 12.1 Å². The van der Waals surface area contributed by atoms with Gasteiger partial charge in [0.25, 0.3) is 5.56 Å². The van der Waals surface area contributed by atoms with Crippen LogP contribution in [0.1, 0.15) is 56.8 Å². The number of nitrogens with zero attached hydrogens (tertiary/aromatic N) is 1. The maximum absolute atomic E-state index is 11.6. The van der Waals surface area contributed by atoms with Gasteiger partial charge in [0.15, 0.2) is 0 Å². The first-order valence-corrected chi connectivity index (χ1v) is 6.21. The molecule has 2 rings (SSSR count). The molecule has 1 aliphatic carbocycles. The Bertz CT molecular complexity index is 441. The highest BCUT2D eigenvalue weighted by atomic mass is 16.3. The van der Waals surface area contributed by atoms with Crippen LogP contribution in [0, 0.1) is 5.41 Å². The summed E-state index contributed by atoms with van der Waals surface area (Å²) in [6, 6.07) is 0. The fourth-order valence-electron chi connectivity index (χ4n) is 2.43. The molecule has 17 heavy (non-hydrogen) atoms. The van der Waals surface area contributed by atoms with Gasteiger partial charge in [-0.05, 0) is 31.1 Å². The fourth-order valence-corrected chi connectivity index (χ4v) is 2.43. The second kappa shape index (κ2) is 4.61. The van der Waals surface area contributed by atoms with Crippen molar-refractivity contribution in [1.29, 1.82) is 0 Å². The van der Waals surface area contributed by atoms with E-state index >= 15 is 0 Å². The molecule has 0 spiro atoms. The monoisotopic (exact) mass is 236 g/mol. The Kier molecular flexibility index (Phi) is 3.33. The molecule has 4 nitrogen and oxygen atoms in total. The molecule has 2 N–H and O–H groups in total. The first kappa shape index (κ1) is 12.3. The van der Waals surface area contributed by atoms with E-state index in [1.807, 2.05) is 0 Å². The second-order valence-corrected chi connectivity index (χ2v) is 5.72. The summed E-state index contributed by atoms with van der Waals surface area (Å²) in [5, 5.41) is 8.93. The van der Waals surface area contributed by atoms with Gasteiger partial charge >= 0.3 is 0 Å². The third-order valence-electron chi connectivity index (χ3n) is 3.79. The van der Waals surface area contributed by atoms with Gasteiger partial charge in [-0.15, -0.1) is 0 Å². The van der Waals surface area contributed by atoms with Gasteiger partial charge in [0.2, 0.25) is 0 Å². The predicted molar refractivity (Wildman–Crippen MR) is 65.8 cm³/mol. The summed E-state index contributed by atoms with van der Waals surface area (Å²) in [6.45, 7) is 4.32. The van der Waals surface area contributed by atoms with Crippen LogP contribution in [0.4, 0.5) is 0 Å². The van der Waals surface area contributed by atoms with Gasteiger partial charge in [-0.25, -0.2) is 4.98 Å². The van der Waals surface area contributed by atoms with Crippen molar-refractivity contribution in [2.45, 2.75) is 52.1 Å². The highest BCUT2D eigenvalue weighted by Gasteiger charge is 2.28. The van der Waals surface area contributed by atoms with E-state index in [0.29, 0.717) is 16.9 Å². The van der Waals surface area contributed by atoms with Crippen molar-refractivity contribution in [3.8, 4) is 0 Å². The maximum Gasteiger partial charge on any atom is 0.256 e. The van der Waals surface area contributed by atoms with E-state index in [-0.39, 0.29) is 12.2 Å². The van der Waals surface area contributed by atoms with Crippen LogP contribution >= 0.6 is 0 Å². The highest BCUT2D eigenvalue weighted by Crippen LogP contribution is 2.41. The van der Waals surface area contributed by atoms with Gasteiger partial charge in [-0.1, -0.05) is 13.8 Å². The number of aromatic amines is 1. The van der Waals surface area contributed by atoms with E-state index < -0.39 is 0 Å². The minimum atomic E-state index is -0.250. The smallest absolute Gasteiger partial charge is 0.256 e. The van der Waals surface area contributed by atoms with Crippen molar-refractivity contribution in [3.63, 3.8) is 0 Å². The van der Waals surface area contributed by atoms with E-state index in [4.69, 9.17) is 5.11 Å². The molecule has 0 aromatic carbocycles. The van der Waals surface area contributed by atoms with Gasteiger partial charge < -0.3 is 10.1 Å². The van der Waals surface area contributed by atoms with Crippen LogP contribution in [0.25, 0.3) is 0 Å². The molecule has 1 aromatic heterocycles. The topological polar surface area (TPSA) is 66.0 Å². The van der Waals surface area contributed by atoms with Gasteiger partial charge in [0.05, 0.1) is 12.2 Å². The molecule has 0 bridgehead atoms. The van der Waals surface area contributed by atoms with Crippen LogP contribution in [-0.4, -0.2) is 15.1 Å². The Balaban J connectivity index is 2.14. The molecule has 0 unspecified atom stereocenters. The molecule has 1 aliphatic rings. The first-order valence-electron chi connectivity index (χ1n) is 6.21. The number of hydrogen-bond donors (Lipinski definition) is 2. The van der Waals surface area contributed by atoms with Crippen LogP contribution < -0.4 is 5.56 Å². The summed E-state index contributed by atoms with van der Waals surface area (Å²) in [5.41, 5.74) is 0.550. The molecule has 1 aromatic rings. The zero-order valence-corrected chi connectivity index (χ0v) is 10.5. The largest absolute Gasteiger partial charge is 0.391 e. The normalized spacial score (nSPS) is 20.4. The van der Waals surface area contributed by atoms with Crippen molar-refractivity contribution in [2.75, 3.05) is 0 Å². The lowest BCUT2D eigenvalue weighted by molar-refractivity contribution is 0.220. The number of aliphatic hydroxyl groups excluding tert-OH is 1. The summed E-state index contributed by atoms with van der Waals surface area (Å²) >= 11 is 0. The van der Waals surface area contributed by atoms with Crippen molar-refractivity contribution >= 4 is 0 Å². The summed E-state index contributed by atoms with van der Waals surface area (Å²) in [5.74, 6) is 1.14. The zero-order valence-electron chi connectivity index (χ0n) is 10.5. The lowest BCUT2D eigenvalue weighted by Crippen LogP contribution is -2.24. The average molecular weight is 236 g/mol. The Morgan fingerprint density at radius 3 is 2.65 bits per heavy atom. The van der Waals surface area contributed by atoms with Crippen LogP contribution in [0.5, 0.6) is 0 Å². The lowest BCUT2D eigenvalue weighted by Gasteiger charge is -2.33. The molecule has 0 saturated heterocycles. The minimum Gasteiger partial charge on any atom is -0.391 e. The van der Waals surface area contributed by atoms with Crippen molar-refractivity contribution < 1.29 is 5.11 Å². The van der Waals surface area contributed by atoms with Gasteiger partial charge in [0.1, 0.15) is 5.82 Å². The molecule has 1 saturated carbocycles. The molecule has 0 atom stereocenters. The summed E-state index contributed by atoms with van der Waals surface area (Å²) < 4.78 is 0. The van der Waals surface area contributed by atoms with Crippen LogP contribution in [-0.2, 0) is 6.61 Å². The molecule has 1 heterocycles. The average Bonchev–Trinajstić information content (AvgIpc) is 2.29. The van der Waals surface area contributed by atoms with Crippen LogP contribution in [0.3, 0.4) is 0 Å². The molecule has 0 aliphatic heterocycles. The number of H-pyrrole nitrogens is 1. The Morgan fingerprint density at radius 1 is 1.47 bits per heavy atom. The fraction of sp³-hybridized carbons (Fsp3) is 0.692. The number of rotatable bonds is 2.